The van der Waals surface area contributed by atoms with E-state index in [0.29, 0.717) is 143 Å². The van der Waals surface area contributed by atoms with Gasteiger partial charge in [-0.15, -0.1) is 11.3 Å². The lowest BCUT2D eigenvalue weighted by Crippen LogP contribution is -2.44. The Hall–Kier alpha value is -8.85. The first-order valence-corrected chi connectivity index (χ1v) is 38.6. The number of aryl methyl sites for hydroxylation is 1. The van der Waals surface area contributed by atoms with Crippen LogP contribution in [-0.4, -0.2) is 46.6 Å². The van der Waals surface area contributed by atoms with Crippen molar-refractivity contribution in [3.05, 3.63) is 167 Å². The van der Waals surface area contributed by atoms with Gasteiger partial charge in [0.05, 0.1) is 45.5 Å². The molecule has 0 N–H and O–H groups in total. The van der Waals surface area contributed by atoms with Crippen LogP contribution in [0.2, 0.25) is 0 Å². The van der Waals surface area contributed by atoms with Crippen molar-refractivity contribution >= 4 is 69.1 Å². The number of rotatable bonds is 36. The summed E-state index contributed by atoms with van der Waals surface area (Å²) in [6, 6.07) is 50.9. The fourth-order valence-corrected chi connectivity index (χ4v) is 16.0. The van der Waals surface area contributed by atoms with E-state index < -0.39 is 14.5 Å². The summed E-state index contributed by atoms with van der Waals surface area (Å²) in [5, 5.41) is 27.1. The fraction of sp³-hybridized carbons (Fsp3) is 0.435. The average molecular weight is 1370 g/mol. The van der Waals surface area contributed by atoms with Crippen molar-refractivity contribution in [2.75, 3.05) is 13.2 Å². The number of ether oxygens (including phenoxy) is 2. The van der Waals surface area contributed by atoms with Crippen LogP contribution in [0.3, 0.4) is 0 Å². The number of hydrogen-bond donors (Lipinski definition) is 0. The van der Waals surface area contributed by atoms with Gasteiger partial charge >= 0.3 is 14.5 Å². The molecule has 12 rings (SSSR count). The molecule has 16 heteroatoms. The van der Waals surface area contributed by atoms with Gasteiger partial charge in [-0.1, -0.05) is 238 Å². The third kappa shape index (κ3) is 16.6. The molecule has 2 aliphatic heterocycles. The second kappa shape index (κ2) is 34.2. The van der Waals surface area contributed by atoms with E-state index in [-0.39, 0.29) is 17.0 Å². The minimum Gasteiger partial charge on any atom is -0.503 e. The maximum atomic E-state index is 12.4. The van der Waals surface area contributed by atoms with Crippen molar-refractivity contribution in [2.45, 2.75) is 191 Å². The first kappa shape index (κ1) is 72.0. The van der Waals surface area contributed by atoms with Crippen LogP contribution < -0.4 is 38.8 Å². The zero-order chi connectivity index (χ0) is 70.4. The van der Waals surface area contributed by atoms with Gasteiger partial charge in [0.1, 0.15) is 68.3 Å². The van der Waals surface area contributed by atoms with Crippen molar-refractivity contribution in [3.8, 4) is 69.2 Å². The number of thiazole rings is 1. The van der Waals surface area contributed by atoms with Crippen LogP contribution in [-0.2, 0) is 0 Å². The molecule has 524 valence electrons. The number of aromatic nitrogens is 4. The number of oxazole rings is 1. The van der Waals surface area contributed by atoms with E-state index in [2.05, 4.69) is 91.8 Å². The lowest BCUT2D eigenvalue weighted by molar-refractivity contribution is 0.175. The molecule has 6 aromatic carbocycles. The van der Waals surface area contributed by atoms with Gasteiger partial charge in [0, 0.05) is 21.9 Å². The molecular weight excluding hydrogens is 1270 g/mol. The first-order chi connectivity index (χ1) is 49.4. The highest BCUT2D eigenvalue weighted by Gasteiger charge is 2.46. The molecule has 6 unspecified atom stereocenters. The number of unbranched alkanes of at least 4 members (excludes halogenated alkanes) is 8. The Morgan fingerprint density at radius 2 is 0.941 bits per heavy atom. The van der Waals surface area contributed by atoms with Crippen LogP contribution in [0.4, 0.5) is 0 Å². The van der Waals surface area contributed by atoms with Crippen LogP contribution in [0.1, 0.15) is 200 Å². The van der Waals surface area contributed by atoms with Gasteiger partial charge < -0.3 is 41.5 Å². The summed E-state index contributed by atoms with van der Waals surface area (Å²) in [7, 11) is -2.45. The molecule has 0 saturated carbocycles. The number of nitrogens with zero attached hydrogens (tertiary/aromatic N) is 6. The van der Waals surface area contributed by atoms with Crippen molar-refractivity contribution in [2.24, 2.45) is 35.5 Å². The van der Waals surface area contributed by atoms with E-state index in [4.69, 9.17) is 42.5 Å². The topological polar surface area (TPSA) is 152 Å². The van der Waals surface area contributed by atoms with Gasteiger partial charge in [-0.25, -0.2) is 9.97 Å². The molecule has 4 aromatic heterocycles. The van der Waals surface area contributed by atoms with E-state index in [9.17, 15) is 10.5 Å². The molecule has 13 nitrogen and oxygen atoms in total. The predicted molar refractivity (Wildman–Crippen MR) is 412 cm³/mol. The normalized spacial score (nSPS) is 15.0. The average Bonchev–Trinajstić information content (AvgIpc) is 1.52. The highest BCUT2D eigenvalue weighted by Crippen LogP contribution is 2.44. The quantitative estimate of drug-likeness (QED) is 0.0272. The van der Waals surface area contributed by atoms with Gasteiger partial charge in [0.15, 0.2) is 5.58 Å². The van der Waals surface area contributed by atoms with Crippen LogP contribution >= 0.6 is 11.3 Å². The lowest BCUT2D eigenvalue weighted by atomic mass is 9.84. The van der Waals surface area contributed by atoms with Gasteiger partial charge in [0.2, 0.25) is 5.89 Å². The summed E-state index contributed by atoms with van der Waals surface area (Å²) < 4.78 is 54.4. The summed E-state index contributed by atoms with van der Waals surface area (Å²) in [6.45, 7) is 21.8. The van der Waals surface area contributed by atoms with Gasteiger partial charge in [0.25, 0.3) is 0 Å². The summed E-state index contributed by atoms with van der Waals surface area (Å²) in [5.74, 6) is 6.31. The van der Waals surface area contributed by atoms with Gasteiger partial charge in [-0.3, -0.25) is 0 Å². The second-order valence-corrected chi connectivity index (χ2v) is 29.8. The van der Waals surface area contributed by atoms with E-state index in [1.165, 1.54) is 101 Å². The summed E-state index contributed by atoms with van der Waals surface area (Å²) in [4.78, 5) is 10.4. The standard InChI is InChI=1S/C85H100B2N6O7S/c1-10-14-18-30-57(5)44-47-64(60(8)32-20-16-12-3)55-94-66-36-28-34-62(51-66)80-78-79(83(93(80)87-99-75-41-25-26-42-76(75)100-87)69(54-89)85-91-70-38-22-27-43-77(70)101-85)81(63-35-29-37-67(52-63)95-56-65(61(9)33-21-17-13-4)48-45-58(6)31-19-15-11-2)92(86-97-73-39-23-24-40-74(73)98-86)82(78)68(53-88)84-90-71-50-59(7)46-49-72(71)96-84/h22-29,34-43,46,49-52,57-58,60-61,64-65H,10-21,30-33,44-45,47-48,55-56H2,1-9H3/b82-68-,83-69-. The molecule has 101 heavy (non-hydrogen) atoms. The van der Waals surface area contributed by atoms with E-state index in [1.807, 2.05) is 131 Å². The highest BCUT2D eigenvalue weighted by molar-refractivity contribution is 7.19. The molecule has 10 aromatic rings. The third-order valence-electron chi connectivity index (χ3n) is 21.1. The highest BCUT2D eigenvalue weighted by atomic mass is 32.1. The molecule has 0 fully saturated rings. The molecule has 0 amide bonds. The second-order valence-electron chi connectivity index (χ2n) is 28.8. The van der Waals surface area contributed by atoms with Gasteiger partial charge in [-0.05, 0) is 134 Å². The molecule has 6 heterocycles. The maximum Gasteiger partial charge on any atom is 0.743 e. The number of fused-ring (bicyclic) bond motifs is 5. The Morgan fingerprint density at radius 3 is 1.41 bits per heavy atom. The molecular formula is C85H100B2N6O7S. The van der Waals surface area contributed by atoms with Crippen LogP contribution in [0.25, 0.3) is 65.7 Å². The molecule has 0 radical (unpaired) electrons. The summed E-state index contributed by atoms with van der Waals surface area (Å²) in [5.41, 5.74) is 5.67. The minimum absolute atomic E-state index is 0.0826. The molecule has 0 spiro atoms. The summed E-state index contributed by atoms with van der Waals surface area (Å²) >= 11 is 1.43. The number of benzene rings is 6. The van der Waals surface area contributed by atoms with Crippen molar-refractivity contribution in [3.63, 3.8) is 0 Å². The lowest BCUT2D eigenvalue weighted by Gasteiger charge is -2.26. The SMILES string of the molecule is CCCCCC(C)CCC(COc1cccc(-c2c3/c(=C(\C#N)c4nc5ccccc5s4)n(B4Oc5ccccc5O4)c(-c4cccc(OCC(CCC(C)CCCCC)C(C)CCCCC)c4)c3/c(=C(\C#N)c3nc4cc(C)ccc4o3)n2B2Oc3ccccc3O2)c1)C(C)CCCCC. The third-order valence-corrected chi connectivity index (χ3v) is 22.1. The van der Waals surface area contributed by atoms with Gasteiger partial charge in [-0.2, -0.15) is 10.5 Å². The Kier molecular flexibility index (Phi) is 24.4. The molecule has 2 aliphatic rings. The van der Waals surface area contributed by atoms with Crippen LogP contribution in [0.15, 0.2) is 144 Å². The summed E-state index contributed by atoms with van der Waals surface area (Å²) in [6.07, 6.45) is 23.8. The van der Waals surface area contributed by atoms with E-state index in [1.54, 1.807) is 0 Å². The minimum atomic E-state index is -1.23. The molecule has 0 saturated heterocycles. The number of para-hydroxylation sites is 5. The molecule has 0 bridgehead atoms. The van der Waals surface area contributed by atoms with Crippen molar-refractivity contribution in [1.29, 1.82) is 10.5 Å². The zero-order valence-corrected chi connectivity index (χ0v) is 61.7. The predicted octanol–water partition coefficient (Wildman–Crippen LogP) is 21.3. The van der Waals surface area contributed by atoms with Crippen molar-refractivity contribution < 1.29 is 32.5 Å². The van der Waals surface area contributed by atoms with Crippen molar-refractivity contribution in [1.82, 2.24) is 18.9 Å². The Labute approximate surface area is 602 Å². The van der Waals surface area contributed by atoms with E-state index >= 15 is 0 Å². The Balaban J connectivity index is 1.15. The van der Waals surface area contributed by atoms with Crippen LogP contribution in [0.5, 0.6) is 34.5 Å². The maximum absolute atomic E-state index is 12.4. The number of hydrogen-bond acceptors (Lipinski definition) is 12. The smallest absolute Gasteiger partial charge is 0.503 e. The Bertz CT molecular complexity index is 4500. The van der Waals surface area contributed by atoms with Crippen LogP contribution in [0, 0.1) is 65.1 Å². The molecule has 6 atom stereocenters. The molecule has 0 aliphatic carbocycles. The largest absolute Gasteiger partial charge is 0.743 e. The zero-order valence-electron chi connectivity index (χ0n) is 60.9. The Morgan fingerprint density at radius 1 is 0.485 bits per heavy atom. The monoisotopic (exact) mass is 1370 g/mol. The van der Waals surface area contributed by atoms with E-state index in [0.717, 1.165) is 54.3 Å². The fourth-order valence-electron chi connectivity index (χ4n) is 15.0. The number of nitriles is 2. The first-order valence-electron chi connectivity index (χ1n) is 37.8.